The van der Waals surface area contributed by atoms with Crippen LogP contribution in [0.2, 0.25) is 0 Å². The lowest BCUT2D eigenvalue weighted by Crippen LogP contribution is -2.14. The number of hydrogen-bond donors (Lipinski definition) is 1. The molecule has 0 unspecified atom stereocenters. The number of carbonyl (C=O) groups is 1. The molecule has 0 spiro atoms. The third-order valence-corrected chi connectivity index (χ3v) is 4.04. The molecule has 5 heteroatoms. The highest BCUT2D eigenvalue weighted by atomic mass is 19.1. The van der Waals surface area contributed by atoms with E-state index in [1.807, 2.05) is 32.0 Å². The average Bonchev–Trinajstić information content (AvgIpc) is 2.93. The third kappa shape index (κ3) is 2.93. The highest BCUT2D eigenvalue weighted by Gasteiger charge is 2.22. The van der Waals surface area contributed by atoms with Gasteiger partial charge in [-0.1, -0.05) is 29.4 Å². The first-order valence-electron chi connectivity index (χ1n) is 7.57. The van der Waals surface area contributed by atoms with Gasteiger partial charge in [-0.25, -0.2) is 4.39 Å². The van der Waals surface area contributed by atoms with Gasteiger partial charge >= 0.3 is 0 Å². The van der Waals surface area contributed by atoms with Crippen molar-refractivity contribution in [3.63, 3.8) is 0 Å². The van der Waals surface area contributed by atoms with Crippen LogP contribution in [0.4, 0.5) is 10.1 Å². The summed E-state index contributed by atoms with van der Waals surface area (Å²) in [5.74, 6) is -0.340. The minimum atomic E-state index is -0.394. The summed E-state index contributed by atoms with van der Waals surface area (Å²) in [4.78, 5) is 12.7. The predicted molar refractivity (Wildman–Crippen MR) is 90.5 cm³/mol. The molecule has 0 fully saturated rings. The molecule has 2 aromatic carbocycles. The van der Waals surface area contributed by atoms with Gasteiger partial charge in [0.1, 0.15) is 22.8 Å². The molecule has 1 N–H and O–H groups in total. The van der Waals surface area contributed by atoms with E-state index < -0.39 is 5.82 Å². The molecular formula is C19H17FN2O2. The van der Waals surface area contributed by atoms with E-state index in [-0.39, 0.29) is 5.91 Å². The maximum atomic E-state index is 13.5. The Bertz CT molecular complexity index is 915. The van der Waals surface area contributed by atoms with Gasteiger partial charge in [0, 0.05) is 11.3 Å². The maximum absolute atomic E-state index is 13.5. The Morgan fingerprint density at radius 2 is 1.88 bits per heavy atom. The lowest BCUT2D eigenvalue weighted by molar-refractivity contribution is 0.102. The minimum Gasteiger partial charge on any atom is -0.360 e. The molecule has 0 radical (unpaired) electrons. The normalized spacial score (nSPS) is 10.7. The molecule has 0 saturated carbocycles. The van der Waals surface area contributed by atoms with Gasteiger partial charge in [0.15, 0.2) is 0 Å². The molecule has 0 bridgehead atoms. The Kier molecular flexibility index (Phi) is 4.16. The second kappa shape index (κ2) is 6.28. The molecule has 0 saturated heterocycles. The van der Waals surface area contributed by atoms with Gasteiger partial charge in [0.2, 0.25) is 0 Å². The molecule has 0 aliphatic rings. The molecule has 122 valence electrons. The zero-order valence-electron chi connectivity index (χ0n) is 13.7. The number of anilines is 1. The third-order valence-electron chi connectivity index (χ3n) is 4.04. The number of nitrogens with one attached hydrogen (secondary N) is 1. The summed E-state index contributed by atoms with van der Waals surface area (Å²) in [6, 6.07) is 11.6. The van der Waals surface area contributed by atoms with Gasteiger partial charge in [-0.3, -0.25) is 4.79 Å². The zero-order chi connectivity index (χ0) is 17.3. The quantitative estimate of drug-likeness (QED) is 0.762. The smallest absolute Gasteiger partial charge is 0.261 e. The first-order valence-corrected chi connectivity index (χ1v) is 7.57. The van der Waals surface area contributed by atoms with Crippen LogP contribution in [0.3, 0.4) is 0 Å². The van der Waals surface area contributed by atoms with Crippen LogP contribution in [0.1, 0.15) is 27.2 Å². The zero-order valence-corrected chi connectivity index (χ0v) is 13.7. The molecule has 1 aromatic heterocycles. The minimum absolute atomic E-state index is 0.307. The van der Waals surface area contributed by atoms with Crippen molar-refractivity contribution in [1.29, 1.82) is 0 Å². The van der Waals surface area contributed by atoms with E-state index in [1.165, 1.54) is 12.1 Å². The van der Waals surface area contributed by atoms with Crippen LogP contribution in [0.25, 0.3) is 11.3 Å². The summed E-state index contributed by atoms with van der Waals surface area (Å²) in [5, 5.41) is 6.81. The first kappa shape index (κ1) is 15.9. The number of nitrogens with zero attached hydrogens (tertiary/aromatic N) is 1. The molecule has 3 rings (SSSR count). The fourth-order valence-corrected chi connectivity index (χ4v) is 2.54. The van der Waals surface area contributed by atoms with Crippen molar-refractivity contribution in [3.8, 4) is 11.3 Å². The molecule has 0 aliphatic heterocycles. The van der Waals surface area contributed by atoms with Gasteiger partial charge in [-0.2, -0.15) is 0 Å². The fraction of sp³-hybridized carbons (Fsp3) is 0.158. The van der Waals surface area contributed by atoms with Gasteiger partial charge in [0.25, 0.3) is 5.91 Å². The Morgan fingerprint density at radius 1 is 1.12 bits per heavy atom. The van der Waals surface area contributed by atoms with E-state index >= 15 is 0 Å². The predicted octanol–water partition coefficient (Wildman–Crippen LogP) is 4.66. The van der Waals surface area contributed by atoms with Crippen LogP contribution in [-0.2, 0) is 0 Å². The van der Waals surface area contributed by atoms with Crippen LogP contribution in [0.5, 0.6) is 0 Å². The molecule has 3 aromatic rings. The Balaban J connectivity index is 1.99. The summed E-state index contributed by atoms with van der Waals surface area (Å²) >= 11 is 0. The highest BCUT2D eigenvalue weighted by Crippen LogP contribution is 2.27. The maximum Gasteiger partial charge on any atom is 0.261 e. The lowest BCUT2D eigenvalue weighted by Gasteiger charge is -2.10. The van der Waals surface area contributed by atoms with E-state index in [1.54, 1.807) is 19.1 Å². The summed E-state index contributed by atoms with van der Waals surface area (Å²) in [7, 11) is 0. The molecule has 24 heavy (non-hydrogen) atoms. The van der Waals surface area contributed by atoms with E-state index in [4.69, 9.17) is 4.52 Å². The number of halogens is 1. The van der Waals surface area contributed by atoms with E-state index in [2.05, 4.69) is 10.5 Å². The van der Waals surface area contributed by atoms with Gasteiger partial charge in [-0.15, -0.1) is 0 Å². The van der Waals surface area contributed by atoms with Crippen LogP contribution in [0.15, 0.2) is 47.0 Å². The number of benzene rings is 2. The molecule has 4 nitrogen and oxygen atoms in total. The van der Waals surface area contributed by atoms with Crippen molar-refractivity contribution in [2.75, 3.05) is 5.32 Å². The number of amides is 1. The summed E-state index contributed by atoms with van der Waals surface area (Å²) < 4.78 is 18.6. The van der Waals surface area contributed by atoms with Crippen LogP contribution in [0, 0.1) is 26.6 Å². The van der Waals surface area contributed by atoms with Crippen molar-refractivity contribution < 1.29 is 13.7 Å². The molecule has 1 heterocycles. The van der Waals surface area contributed by atoms with Crippen molar-refractivity contribution in [2.24, 2.45) is 0 Å². The van der Waals surface area contributed by atoms with Crippen molar-refractivity contribution in [2.45, 2.75) is 20.8 Å². The molecular weight excluding hydrogens is 307 g/mol. The number of aryl methyl sites for hydroxylation is 2. The molecule has 0 aliphatic carbocycles. The van der Waals surface area contributed by atoms with Gasteiger partial charge < -0.3 is 9.84 Å². The summed E-state index contributed by atoms with van der Waals surface area (Å²) in [6.45, 7) is 5.58. The van der Waals surface area contributed by atoms with Crippen LogP contribution < -0.4 is 5.32 Å². The second-order valence-electron chi connectivity index (χ2n) is 5.67. The standard InChI is InChI=1S/C19H17FN2O2/c1-11-6-4-9-16(12(11)2)21-19(23)17-13(3)24-22-18(17)14-7-5-8-15(20)10-14/h4-10H,1-3H3,(H,21,23). The number of carbonyl (C=O) groups excluding carboxylic acids is 1. The first-order chi connectivity index (χ1) is 11.5. The topological polar surface area (TPSA) is 55.1 Å². The summed E-state index contributed by atoms with van der Waals surface area (Å²) in [6.07, 6.45) is 0. The monoisotopic (exact) mass is 324 g/mol. The Morgan fingerprint density at radius 3 is 2.62 bits per heavy atom. The average molecular weight is 324 g/mol. The van der Waals surface area contributed by atoms with Crippen LogP contribution in [-0.4, -0.2) is 11.1 Å². The van der Waals surface area contributed by atoms with Crippen molar-refractivity contribution in [3.05, 3.63) is 70.7 Å². The lowest BCUT2D eigenvalue weighted by atomic mass is 10.0. The second-order valence-corrected chi connectivity index (χ2v) is 5.67. The van der Waals surface area contributed by atoms with Gasteiger partial charge in [0.05, 0.1) is 0 Å². The largest absolute Gasteiger partial charge is 0.360 e. The van der Waals surface area contributed by atoms with Crippen LogP contribution >= 0.6 is 0 Å². The molecule has 1 amide bonds. The van der Waals surface area contributed by atoms with Crippen molar-refractivity contribution in [1.82, 2.24) is 5.16 Å². The Hall–Kier alpha value is -2.95. The highest BCUT2D eigenvalue weighted by molar-refractivity contribution is 6.09. The van der Waals surface area contributed by atoms with E-state index in [9.17, 15) is 9.18 Å². The number of aromatic nitrogens is 1. The molecule has 0 atom stereocenters. The summed E-state index contributed by atoms with van der Waals surface area (Å²) in [5.41, 5.74) is 3.94. The van der Waals surface area contributed by atoms with Crippen molar-refractivity contribution >= 4 is 11.6 Å². The SMILES string of the molecule is Cc1cccc(NC(=O)c2c(-c3cccc(F)c3)noc2C)c1C. The Labute approximate surface area is 139 Å². The van der Waals surface area contributed by atoms with Gasteiger partial charge in [-0.05, 0) is 50.1 Å². The van der Waals surface area contributed by atoms with E-state index in [0.717, 1.165) is 16.8 Å². The number of hydrogen-bond acceptors (Lipinski definition) is 3. The fourth-order valence-electron chi connectivity index (χ4n) is 2.54. The number of rotatable bonds is 3. The van der Waals surface area contributed by atoms with E-state index in [0.29, 0.717) is 22.6 Å².